The zero-order valence-electron chi connectivity index (χ0n) is 14.1. The van der Waals surface area contributed by atoms with Crippen LogP contribution in [0.15, 0.2) is 0 Å². The second-order valence-electron chi connectivity index (χ2n) is 6.51. The molecule has 0 aliphatic carbocycles. The highest BCUT2D eigenvalue weighted by atomic mass is 28.4. The summed E-state index contributed by atoms with van der Waals surface area (Å²) in [5.41, 5.74) is 0. The molecule has 0 radical (unpaired) electrons. The molecule has 0 rings (SSSR count). The predicted octanol–water partition coefficient (Wildman–Crippen LogP) is 5.37. The molecule has 0 aromatic heterocycles. The summed E-state index contributed by atoms with van der Waals surface area (Å²) in [7, 11) is -1.89. The average Bonchev–Trinajstić information content (AvgIpc) is 2.35. The van der Waals surface area contributed by atoms with Gasteiger partial charge in [0.05, 0.1) is 0 Å². The summed E-state index contributed by atoms with van der Waals surface area (Å²) in [6, 6.07) is 0. The van der Waals surface area contributed by atoms with Crippen LogP contribution in [0.4, 0.5) is 0 Å². The summed E-state index contributed by atoms with van der Waals surface area (Å²) in [6.45, 7) is 15.1. The summed E-state index contributed by atoms with van der Waals surface area (Å²) in [5.74, 6) is 1.49. The van der Waals surface area contributed by atoms with Crippen LogP contribution >= 0.6 is 0 Å². The van der Waals surface area contributed by atoms with Gasteiger partial charge in [-0.1, -0.05) is 47.0 Å². The fraction of sp³-hybridized carbons (Fsp3) is 1.00. The monoisotopic (exact) mass is 288 g/mol. The minimum atomic E-state index is -1.89. The Morgan fingerprint density at radius 3 is 2.16 bits per heavy atom. The van der Waals surface area contributed by atoms with Crippen molar-refractivity contribution < 1.29 is 8.85 Å². The Labute approximate surface area is 122 Å². The molecule has 0 aromatic carbocycles. The first-order valence-corrected chi connectivity index (χ1v) is 11.0. The summed E-state index contributed by atoms with van der Waals surface area (Å²) in [6.07, 6.45) is 7.52. The molecule has 0 fully saturated rings. The van der Waals surface area contributed by atoms with E-state index in [1.54, 1.807) is 0 Å². The van der Waals surface area contributed by atoms with E-state index < -0.39 is 8.56 Å². The van der Waals surface area contributed by atoms with Crippen molar-refractivity contribution in [1.29, 1.82) is 0 Å². The van der Waals surface area contributed by atoms with Crippen molar-refractivity contribution in [2.75, 3.05) is 13.2 Å². The van der Waals surface area contributed by atoms with Gasteiger partial charge in [-0.25, -0.2) is 0 Å². The lowest BCUT2D eigenvalue weighted by atomic mass is 10.0. The van der Waals surface area contributed by atoms with Crippen LogP contribution in [-0.4, -0.2) is 21.8 Å². The fourth-order valence-electron chi connectivity index (χ4n) is 2.07. The van der Waals surface area contributed by atoms with Gasteiger partial charge in [-0.05, 0) is 44.2 Å². The highest BCUT2D eigenvalue weighted by molar-refractivity contribution is 6.64. The Morgan fingerprint density at radius 1 is 0.947 bits per heavy atom. The van der Waals surface area contributed by atoms with E-state index in [0.717, 1.165) is 25.6 Å². The van der Waals surface area contributed by atoms with Gasteiger partial charge >= 0.3 is 8.56 Å². The first kappa shape index (κ1) is 19.1. The SMILES string of the molecule is CCCCC(CC)CO[Si](C)(C)OCCCC(C)C. The van der Waals surface area contributed by atoms with Crippen LogP contribution in [0.25, 0.3) is 0 Å². The van der Waals surface area contributed by atoms with Crippen molar-refractivity contribution in [3.05, 3.63) is 0 Å². The van der Waals surface area contributed by atoms with Crippen molar-refractivity contribution in [2.45, 2.75) is 79.3 Å². The van der Waals surface area contributed by atoms with Crippen LogP contribution in [0.1, 0.15) is 66.2 Å². The van der Waals surface area contributed by atoms with E-state index in [1.807, 2.05) is 0 Å². The highest BCUT2D eigenvalue weighted by Crippen LogP contribution is 2.17. The number of unbranched alkanes of at least 4 members (excludes halogenated alkanes) is 1. The Bertz CT molecular complexity index is 205. The van der Waals surface area contributed by atoms with Crippen molar-refractivity contribution in [3.8, 4) is 0 Å². The van der Waals surface area contributed by atoms with Crippen molar-refractivity contribution in [3.63, 3.8) is 0 Å². The third-order valence-corrected chi connectivity index (χ3v) is 5.35. The van der Waals surface area contributed by atoms with Gasteiger partial charge < -0.3 is 8.85 Å². The second kappa shape index (κ2) is 10.9. The minimum absolute atomic E-state index is 0.714. The molecular weight excluding hydrogens is 252 g/mol. The third-order valence-electron chi connectivity index (χ3n) is 3.59. The van der Waals surface area contributed by atoms with Gasteiger partial charge in [-0.2, -0.15) is 0 Å². The summed E-state index contributed by atoms with van der Waals surface area (Å²) in [5, 5.41) is 0. The van der Waals surface area contributed by atoms with Gasteiger partial charge in [0, 0.05) is 13.2 Å². The molecule has 1 atom stereocenters. The molecule has 0 aliphatic heterocycles. The third kappa shape index (κ3) is 11.6. The second-order valence-corrected chi connectivity index (χ2v) is 9.89. The molecule has 19 heavy (non-hydrogen) atoms. The lowest BCUT2D eigenvalue weighted by Crippen LogP contribution is -2.37. The Kier molecular flexibility index (Phi) is 10.9. The van der Waals surface area contributed by atoms with E-state index in [1.165, 1.54) is 32.1 Å². The molecule has 0 saturated heterocycles. The van der Waals surface area contributed by atoms with E-state index >= 15 is 0 Å². The summed E-state index contributed by atoms with van der Waals surface area (Å²) >= 11 is 0. The number of hydrogen-bond donors (Lipinski definition) is 0. The molecule has 0 saturated carbocycles. The molecule has 2 nitrogen and oxygen atoms in total. The zero-order valence-corrected chi connectivity index (χ0v) is 15.1. The minimum Gasteiger partial charge on any atom is -0.395 e. The van der Waals surface area contributed by atoms with Crippen LogP contribution < -0.4 is 0 Å². The van der Waals surface area contributed by atoms with Gasteiger partial charge in [-0.15, -0.1) is 0 Å². The summed E-state index contributed by atoms with van der Waals surface area (Å²) < 4.78 is 12.1. The maximum atomic E-state index is 6.10. The molecule has 1 unspecified atom stereocenters. The maximum Gasteiger partial charge on any atom is 0.331 e. The lowest BCUT2D eigenvalue weighted by Gasteiger charge is -2.26. The van der Waals surface area contributed by atoms with Gasteiger partial charge in [0.15, 0.2) is 0 Å². The molecule has 0 N–H and O–H groups in total. The zero-order chi connectivity index (χ0) is 14.7. The van der Waals surface area contributed by atoms with E-state index in [4.69, 9.17) is 8.85 Å². The van der Waals surface area contributed by atoms with Gasteiger partial charge in [-0.3, -0.25) is 0 Å². The Morgan fingerprint density at radius 2 is 1.63 bits per heavy atom. The van der Waals surface area contributed by atoms with Crippen LogP contribution in [0, 0.1) is 11.8 Å². The fourth-order valence-corrected chi connectivity index (χ4v) is 3.42. The number of hydrogen-bond acceptors (Lipinski definition) is 2. The molecule has 0 aromatic rings. The first-order chi connectivity index (χ1) is 8.91. The predicted molar refractivity (Wildman–Crippen MR) is 86.8 cm³/mol. The van der Waals surface area contributed by atoms with Crippen molar-refractivity contribution in [1.82, 2.24) is 0 Å². The van der Waals surface area contributed by atoms with Crippen LogP contribution in [0.3, 0.4) is 0 Å². The molecular formula is C16H36O2Si. The van der Waals surface area contributed by atoms with Gasteiger partial charge in [0.1, 0.15) is 0 Å². The molecule has 3 heteroatoms. The normalized spacial score (nSPS) is 14.1. The van der Waals surface area contributed by atoms with E-state index in [9.17, 15) is 0 Å². The molecule has 0 spiro atoms. The molecule has 116 valence electrons. The maximum absolute atomic E-state index is 6.10. The topological polar surface area (TPSA) is 18.5 Å². The van der Waals surface area contributed by atoms with Crippen molar-refractivity contribution >= 4 is 8.56 Å². The Hall–Kier alpha value is 0.137. The largest absolute Gasteiger partial charge is 0.395 e. The standard InChI is InChI=1S/C16H36O2Si/c1-7-9-12-16(8-2)14-18-19(5,6)17-13-10-11-15(3)4/h15-16H,7-14H2,1-6H3. The van der Waals surface area contributed by atoms with E-state index in [0.29, 0.717) is 5.92 Å². The van der Waals surface area contributed by atoms with Crippen LogP contribution in [0.5, 0.6) is 0 Å². The smallest absolute Gasteiger partial charge is 0.331 e. The van der Waals surface area contributed by atoms with E-state index in [2.05, 4.69) is 40.8 Å². The molecule has 0 amide bonds. The first-order valence-electron chi connectivity index (χ1n) is 8.19. The lowest BCUT2D eigenvalue weighted by molar-refractivity contribution is 0.145. The quantitative estimate of drug-likeness (QED) is 0.355. The van der Waals surface area contributed by atoms with E-state index in [-0.39, 0.29) is 0 Å². The van der Waals surface area contributed by atoms with Gasteiger partial charge in [0.25, 0.3) is 0 Å². The Balaban J connectivity index is 3.80. The highest BCUT2D eigenvalue weighted by Gasteiger charge is 2.25. The van der Waals surface area contributed by atoms with Crippen LogP contribution in [-0.2, 0) is 8.85 Å². The molecule has 0 aliphatic rings. The average molecular weight is 289 g/mol. The van der Waals surface area contributed by atoms with Crippen LogP contribution in [0.2, 0.25) is 13.1 Å². The number of rotatable bonds is 12. The summed E-state index contributed by atoms with van der Waals surface area (Å²) in [4.78, 5) is 0. The van der Waals surface area contributed by atoms with Crippen molar-refractivity contribution in [2.24, 2.45) is 11.8 Å². The van der Waals surface area contributed by atoms with Gasteiger partial charge in [0.2, 0.25) is 0 Å². The molecule has 0 heterocycles. The molecule has 0 bridgehead atoms.